The zero-order chi connectivity index (χ0) is 14.7. The summed E-state index contributed by atoms with van der Waals surface area (Å²) in [7, 11) is 0. The average Bonchev–Trinajstić information content (AvgIpc) is 2.43. The monoisotopic (exact) mass is 274 g/mol. The van der Waals surface area contributed by atoms with E-state index in [0.29, 0.717) is 17.9 Å². The third-order valence-corrected chi connectivity index (χ3v) is 3.79. The predicted molar refractivity (Wildman–Crippen MR) is 74.5 cm³/mol. The first-order valence-corrected chi connectivity index (χ1v) is 6.64. The molecular formula is C14H18N4O2. The Morgan fingerprint density at radius 3 is 3.00 bits per heavy atom. The first-order valence-electron chi connectivity index (χ1n) is 6.64. The zero-order valence-corrected chi connectivity index (χ0v) is 11.6. The Morgan fingerprint density at radius 1 is 1.60 bits per heavy atom. The molecule has 0 radical (unpaired) electrons. The Hall–Kier alpha value is -2.29. The Bertz CT molecular complexity index is 553. The van der Waals surface area contributed by atoms with Gasteiger partial charge in [-0.05, 0) is 32.8 Å². The lowest BCUT2D eigenvalue weighted by Crippen LogP contribution is -2.49. The highest BCUT2D eigenvalue weighted by Gasteiger charge is 2.29. The van der Waals surface area contributed by atoms with Gasteiger partial charge in [-0.2, -0.15) is 5.26 Å². The minimum Gasteiger partial charge on any atom is -0.465 e. The Balaban J connectivity index is 2.11. The van der Waals surface area contributed by atoms with E-state index < -0.39 is 6.09 Å². The standard InChI is InChI=1S/C14H18N4O2/c1-9-3-4-12(8-18(9)14(19)20)17-13-10(2)11(7-15)5-6-16-13/h5-6,9,12H,3-4,8H2,1-2H3,(H,16,17)(H,19,20). The first-order chi connectivity index (χ1) is 9.52. The number of hydrogen-bond acceptors (Lipinski definition) is 4. The summed E-state index contributed by atoms with van der Waals surface area (Å²) >= 11 is 0. The van der Waals surface area contributed by atoms with Crippen molar-refractivity contribution in [2.24, 2.45) is 0 Å². The smallest absolute Gasteiger partial charge is 0.407 e. The summed E-state index contributed by atoms with van der Waals surface area (Å²) in [6, 6.07) is 3.87. The fraction of sp³-hybridized carbons (Fsp3) is 0.500. The normalized spacial score (nSPS) is 22.1. The van der Waals surface area contributed by atoms with Crippen LogP contribution in [-0.4, -0.2) is 39.7 Å². The van der Waals surface area contributed by atoms with Crippen molar-refractivity contribution in [2.45, 2.75) is 38.8 Å². The lowest BCUT2D eigenvalue weighted by atomic mass is 9.99. The van der Waals surface area contributed by atoms with Gasteiger partial charge in [0.25, 0.3) is 0 Å². The fourth-order valence-electron chi connectivity index (χ4n) is 2.49. The Labute approximate surface area is 118 Å². The molecule has 2 N–H and O–H groups in total. The molecule has 0 bridgehead atoms. The quantitative estimate of drug-likeness (QED) is 0.863. The van der Waals surface area contributed by atoms with E-state index in [4.69, 9.17) is 10.4 Å². The largest absolute Gasteiger partial charge is 0.465 e. The van der Waals surface area contributed by atoms with Crippen molar-refractivity contribution in [1.82, 2.24) is 9.88 Å². The molecule has 1 aliphatic heterocycles. The summed E-state index contributed by atoms with van der Waals surface area (Å²) in [5.41, 5.74) is 1.39. The highest BCUT2D eigenvalue weighted by molar-refractivity contribution is 5.65. The molecule has 1 saturated heterocycles. The van der Waals surface area contributed by atoms with E-state index >= 15 is 0 Å². The molecule has 1 aliphatic rings. The summed E-state index contributed by atoms with van der Waals surface area (Å²) in [6.45, 7) is 4.20. The lowest BCUT2D eigenvalue weighted by molar-refractivity contribution is 0.108. The second kappa shape index (κ2) is 5.78. The minimum atomic E-state index is -0.889. The number of aromatic nitrogens is 1. The molecule has 2 atom stereocenters. The molecule has 106 valence electrons. The molecule has 1 fully saturated rings. The van der Waals surface area contributed by atoms with Crippen LogP contribution in [0, 0.1) is 18.3 Å². The van der Waals surface area contributed by atoms with Crippen molar-refractivity contribution in [3.8, 4) is 6.07 Å². The molecule has 2 heterocycles. The molecule has 2 unspecified atom stereocenters. The van der Waals surface area contributed by atoms with Crippen molar-refractivity contribution in [2.75, 3.05) is 11.9 Å². The van der Waals surface area contributed by atoms with Gasteiger partial charge in [0.15, 0.2) is 0 Å². The van der Waals surface area contributed by atoms with E-state index in [2.05, 4.69) is 16.4 Å². The van der Waals surface area contributed by atoms with Crippen LogP contribution in [0.5, 0.6) is 0 Å². The van der Waals surface area contributed by atoms with Gasteiger partial charge < -0.3 is 15.3 Å². The predicted octanol–water partition coefficient (Wildman–Crippen LogP) is 2.20. The molecule has 1 amide bonds. The Morgan fingerprint density at radius 2 is 2.35 bits per heavy atom. The summed E-state index contributed by atoms with van der Waals surface area (Å²) in [4.78, 5) is 16.9. The molecule has 0 aromatic carbocycles. The number of nitrogens with zero attached hydrogens (tertiary/aromatic N) is 3. The third-order valence-electron chi connectivity index (χ3n) is 3.79. The molecular weight excluding hydrogens is 256 g/mol. The number of likely N-dealkylation sites (tertiary alicyclic amines) is 1. The minimum absolute atomic E-state index is 0.0300. The van der Waals surface area contributed by atoms with Gasteiger partial charge in [0.1, 0.15) is 5.82 Å². The maximum atomic E-state index is 11.2. The van der Waals surface area contributed by atoms with Crippen LogP contribution in [0.3, 0.4) is 0 Å². The van der Waals surface area contributed by atoms with Crippen molar-refractivity contribution in [1.29, 1.82) is 5.26 Å². The van der Waals surface area contributed by atoms with E-state index in [0.717, 1.165) is 18.4 Å². The summed E-state index contributed by atoms with van der Waals surface area (Å²) in [6.07, 6.45) is 2.41. The van der Waals surface area contributed by atoms with Crippen LogP contribution in [0.2, 0.25) is 0 Å². The SMILES string of the molecule is Cc1c(C#N)ccnc1NC1CCC(C)N(C(=O)O)C1. The highest BCUT2D eigenvalue weighted by Crippen LogP contribution is 2.22. The van der Waals surface area contributed by atoms with E-state index in [1.54, 1.807) is 12.3 Å². The van der Waals surface area contributed by atoms with E-state index in [1.165, 1.54) is 4.90 Å². The van der Waals surface area contributed by atoms with Gasteiger partial charge in [0.2, 0.25) is 0 Å². The van der Waals surface area contributed by atoms with Crippen molar-refractivity contribution in [3.05, 3.63) is 23.4 Å². The van der Waals surface area contributed by atoms with Gasteiger partial charge in [0, 0.05) is 30.4 Å². The molecule has 0 spiro atoms. The molecule has 20 heavy (non-hydrogen) atoms. The maximum Gasteiger partial charge on any atom is 0.407 e. The van der Waals surface area contributed by atoms with Crippen molar-refractivity contribution in [3.63, 3.8) is 0 Å². The molecule has 1 aromatic rings. The molecule has 0 aliphatic carbocycles. The number of nitrogens with one attached hydrogen (secondary N) is 1. The number of piperidine rings is 1. The van der Waals surface area contributed by atoms with Crippen LogP contribution in [0.4, 0.5) is 10.6 Å². The second-order valence-corrected chi connectivity index (χ2v) is 5.15. The first kappa shape index (κ1) is 14.1. The molecule has 6 nitrogen and oxygen atoms in total. The van der Waals surface area contributed by atoms with E-state index in [9.17, 15) is 4.79 Å². The number of nitriles is 1. The second-order valence-electron chi connectivity index (χ2n) is 5.15. The van der Waals surface area contributed by atoms with Crippen LogP contribution in [0.1, 0.15) is 30.9 Å². The van der Waals surface area contributed by atoms with E-state index in [-0.39, 0.29) is 12.1 Å². The van der Waals surface area contributed by atoms with Gasteiger partial charge in [-0.25, -0.2) is 9.78 Å². The molecule has 0 saturated carbocycles. The number of pyridine rings is 1. The van der Waals surface area contributed by atoms with Gasteiger partial charge in [-0.15, -0.1) is 0 Å². The van der Waals surface area contributed by atoms with E-state index in [1.807, 2.05) is 13.8 Å². The Kier molecular flexibility index (Phi) is 4.08. The van der Waals surface area contributed by atoms with Gasteiger partial charge >= 0.3 is 6.09 Å². The lowest BCUT2D eigenvalue weighted by Gasteiger charge is -2.36. The summed E-state index contributed by atoms with van der Waals surface area (Å²) in [5, 5.41) is 21.4. The van der Waals surface area contributed by atoms with Crippen molar-refractivity contribution < 1.29 is 9.90 Å². The molecule has 1 aromatic heterocycles. The number of carboxylic acid groups (broad SMARTS) is 1. The highest BCUT2D eigenvalue weighted by atomic mass is 16.4. The van der Waals surface area contributed by atoms with Crippen LogP contribution >= 0.6 is 0 Å². The number of amides is 1. The number of rotatable bonds is 2. The molecule has 2 rings (SSSR count). The van der Waals surface area contributed by atoms with Crippen molar-refractivity contribution >= 4 is 11.9 Å². The number of hydrogen-bond donors (Lipinski definition) is 2. The molecule has 6 heteroatoms. The summed E-state index contributed by atoms with van der Waals surface area (Å²) in [5.74, 6) is 0.661. The van der Waals surface area contributed by atoms with Gasteiger partial charge in [0.05, 0.1) is 11.6 Å². The third kappa shape index (κ3) is 2.82. The van der Waals surface area contributed by atoms with Gasteiger partial charge in [-0.1, -0.05) is 0 Å². The zero-order valence-electron chi connectivity index (χ0n) is 11.6. The number of carbonyl (C=O) groups is 1. The topological polar surface area (TPSA) is 89.3 Å². The average molecular weight is 274 g/mol. The van der Waals surface area contributed by atoms with Gasteiger partial charge in [-0.3, -0.25) is 0 Å². The van der Waals surface area contributed by atoms with Crippen LogP contribution in [-0.2, 0) is 0 Å². The van der Waals surface area contributed by atoms with Crippen LogP contribution in [0.15, 0.2) is 12.3 Å². The summed E-state index contributed by atoms with van der Waals surface area (Å²) < 4.78 is 0. The maximum absolute atomic E-state index is 11.2. The van der Waals surface area contributed by atoms with Crippen LogP contribution in [0.25, 0.3) is 0 Å². The number of anilines is 1. The fourth-order valence-corrected chi connectivity index (χ4v) is 2.49. The van der Waals surface area contributed by atoms with Crippen LogP contribution < -0.4 is 5.32 Å².